The number of carbonyl (C=O) groups excluding carboxylic acids is 2. The average molecular weight is 473 g/mol. The van der Waals surface area contributed by atoms with Crippen LogP contribution in [0.25, 0.3) is 0 Å². The average Bonchev–Trinajstić information content (AvgIpc) is 3.46. The molecule has 1 aliphatic rings. The summed E-state index contributed by atoms with van der Waals surface area (Å²) < 4.78 is 16.6. The summed E-state index contributed by atoms with van der Waals surface area (Å²) >= 11 is 2.47. The van der Waals surface area contributed by atoms with Gasteiger partial charge in [0.1, 0.15) is 5.75 Å². The Labute approximate surface area is 192 Å². The maximum Gasteiger partial charge on any atom is 0.257 e. The molecule has 0 spiro atoms. The van der Waals surface area contributed by atoms with Crippen LogP contribution < -0.4 is 24.8 Å². The van der Waals surface area contributed by atoms with Gasteiger partial charge in [0.25, 0.3) is 5.91 Å². The van der Waals surface area contributed by atoms with E-state index >= 15 is 0 Å². The molecule has 0 atom stereocenters. The van der Waals surface area contributed by atoms with Crippen molar-refractivity contribution in [1.82, 2.24) is 15.5 Å². The van der Waals surface area contributed by atoms with E-state index in [9.17, 15) is 9.59 Å². The molecule has 0 saturated carbocycles. The minimum absolute atomic E-state index is 0.136. The van der Waals surface area contributed by atoms with Gasteiger partial charge in [-0.05, 0) is 48.9 Å². The molecule has 0 saturated heterocycles. The maximum atomic E-state index is 12.3. The van der Waals surface area contributed by atoms with E-state index in [2.05, 4.69) is 20.8 Å². The van der Waals surface area contributed by atoms with E-state index in [0.717, 1.165) is 5.56 Å². The smallest absolute Gasteiger partial charge is 0.257 e. The molecule has 0 bridgehead atoms. The quantitative estimate of drug-likeness (QED) is 0.360. The topological polar surface area (TPSA) is 112 Å². The first-order chi connectivity index (χ1) is 15.6. The molecule has 0 aliphatic carbocycles. The first kappa shape index (κ1) is 21.9. The Balaban J connectivity index is 1.22. The van der Waals surface area contributed by atoms with Crippen molar-refractivity contribution in [3.05, 3.63) is 53.6 Å². The summed E-state index contributed by atoms with van der Waals surface area (Å²) in [5, 5.41) is 13.9. The fourth-order valence-corrected chi connectivity index (χ4v) is 4.36. The summed E-state index contributed by atoms with van der Waals surface area (Å²) in [7, 11) is 0. The number of anilines is 1. The van der Waals surface area contributed by atoms with E-state index in [0.29, 0.717) is 45.4 Å². The molecule has 1 aromatic heterocycles. The molecule has 32 heavy (non-hydrogen) atoms. The highest BCUT2D eigenvalue weighted by atomic mass is 32.2. The van der Waals surface area contributed by atoms with Crippen molar-refractivity contribution < 1.29 is 23.8 Å². The van der Waals surface area contributed by atoms with Gasteiger partial charge in [-0.3, -0.25) is 14.9 Å². The maximum absolute atomic E-state index is 12.3. The molecule has 2 N–H and O–H groups in total. The van der Waals surface area contributed by atoms with Gasteiger partial charge in [0.2, 0.25) is 17.8 Å². The van der Waals surface area contributed by atoms with Crippen molar-refractivity contribution in [2.75, 3.05) is 24.5 Å². The SMILES string of the molecule is CCOc1ccc(C(=O)Nc2nnc(SCC(=O)NCc3ccc4c(c3)OCO4)s2)cc1. The second-order valence-electron chi connectivity index (χ2n) is 6.54. The van der Waals surface area contributed by atoms with Crippen LogP contribution in [0.3, 0.4) is 0 Å². The molecule has 9 nitrogen and oxygen atoms in total. The zero-order valence-corrected chi connectivity index (χ0v) is 18.8. The number of nitrogens with one attached hydrogen (secondary N) is 2. The van der Waals surface area contributed by atoms with Crippen LogP contribution in [-0.4, -0.2) is 41.2 Å². The lowest BCUT2D eigenvalue weighted by Crippen LogP contribution is -2.24. The van der Waals surface area contributed by atoms with Crippen LogP contribution in [0.2, 0.25) is 0 Å². The van der Waals surface area contributed by atoms with Crippen LogP contribution >= 0.6 is 23.1 Å². The highest BCUT2D eigenvalue weighted by molar-refractivity contribution is 8.01. The van der Waals surface area contributed by atoms with Crippen molar-refractivity contribution >= 4 is 40.0 Å². The normalized spacial score (nSPS) is 11.8. The Morgan fingerprint density at radius 1 is 1.12 bits per heavy atom. The largest absolute Gasteiger partial charge is 0.494 e. The number of hydrogen-bond donors (Lipinski definition) is 2. The molecular formula is C21H20N4O5S2. The second kappa shape index (κ2) is 10.3. The predicted molar refractivity (Wildman–Crippen MR) is 121 cm³/mol. The number of amides is 2. The van der Waals surface area contributed by atoms with E-state index in [1.54, 1.807) is 24.3 Å². The summed E-state index contributed by atoms with van der Waals surface area (Å²) in [5.74, 6) is 1.85. The zero-order chi connectivity index (χ0) is 22.3. The molecule has 2 amide bonds. The Morgan fingerprint density at radius 2 is 1.94 bits per heavy atom. The van der Waals surface area contributed by atoms with E-state index in [1.165, 1.54) is 23.1 Å². The number of rotatable bonds is 9. The van der Waals surface area contributed by atoms with Gasteiger partial charge < -0.3 is 19.5 Å². The van der Waals surface area contributed by atoms with Crippen LogP contribution in [0, 0.1) is 0 Å². The zero-order valence-electron chi connectivity index (χ0n) is 17.1. The lowest BCUT2D eigenvalue weighted by Gasteiger charge is -2.05. The number of hydrogen-bond acceptors (Lipinski definition) is 9. The number of thioether (sulfide) groups is 1. The molecular weight excluding hydrogens is 452 g/mol. The third kappa shape index (κ3) is 5.68. The third-order valence-corrected chi connectivity index (χ3v) is 6.28. The molecule has 1 aliphatic heterocycles. The monoisotopic (exact) mass is 472 g/mol. The first-order valence-electron chi connectivity index (χ1n) is 9.76. The number of nitrogens with zero attached hydrogens (tertiary/aromatic N) is 2. The lowest BCUT2D eigenvalue weighted by atomic mass is 10.2. The fraction of sp³-hybridized carbons (Fsp3) is 0.238. The fourth-order valence-electron chi connectivity index (χ4n) is 2.79. The Bertz CT molecular complexity index is 1100. The molecule has 11 heteroatoms. The molecule has 2 aromatic carbocycles. The predicted octanol–water partition coefficient (Wildman–Crippen LogP) is 3.33. The van der Waals surface area contributed by atoms with Gasteiger partial charge in [0, 0.05) is 12.1 Å². The second-order valence-corrected chi connectivity index (χ2v) is 8.74. The van der Waals surface area contributed by atoms with Gasteiger partial charge in [-0.15, -0.1) is 10.2 Å². The van der Waals surface area contributed by atoms with Crippen molar-refractivity contribution in [2.45, 2.75) is 17.8 Å². The van der Waals surface area contributed by atoms with Crippen LogP contribution in [-0.2, 0) is 11.3 Å². The first-order valence-corrected chi connectivity index (χ1v) is 11.6. The van der Waals surface area contributed by atoms with Crippen LogP contribution in [0.5, 0.6) is 17.2 Å². The van der Waals surface area contributed by atoms with E-state index in [-0.39, 0.29) is 24.4 Å². The van der Waals surface area contributed by atoms with Crippen molar-refractivity contribution in [1.29, 1.82) is 0 Å². The Kier molecular flexibility index (Phi) is 7.07. The van der Waals surface area contributed by atoms with Gasteiger partial charge in [-0.1, -0.05) is 29.2 Å². The minimum Gasteiger partial charge on any atom is -0.494 e. The van der Waals surface area contributed by atoms with E-state index < -0.39 is 0 Å². The van der Waals surface area contributed by atoms with E-state index in [1.807, 2.05) is 25.1 Å². The number of benzene rings is 2. The summed E-state index contributed by atoms with van der Waals surface area (Å²) in [6.07, 6.45) is 0. The van der Waals surface area contributed by atoms with Gasteiger partial charge in [-0.25, -0.2) is 0 Å². The molecule has 166 valence electrons. The van der Waals surface area contributed by atoms with Crippen LogP contribution in [0.4, 0.5) is 5.13 Å². The summed E-state index contributed by atoms with van der Waals surface area (Å²) in [5.41, 5.74) is 1.41. The Hall–Kier alpha value is -3.31. The van der Waals surface area contributed by atoms with E-state index in [4.69, 9.17) is 14.2 Å². The highest BCUT2D eigenvalue weighted by Crippen LogP contribution is 2.32. The van der Waals surface area contributed by atoms with Crippen molar-refractivity contribution in [3.63, 3.8) is 0 Å². The summed E-state index contributed by atoms with van der Waals surface area (Å²) in [6, 6.07) is 12.4. The standard InChI is InChI=1S/C21H20N4O5S2/c1-2-28-15-6-4-14(5-7-15)19(27)23-20-24-25-21(32-20)31-11-18(26)22-10-13-3-8-16-17(9-13)30-12-29-16/h3-9H,2,10-12H2,1H3,(H,22,26)(H,23,24,27). The summed E-state index contributed by atoms with van der Waals surface area (Å²) in [4.78, 5) is 24.5. The highest BCUT2D eigenvalue weighted by Gasteiger charge is 2.14. The molecule has 0 unspecified atom stereocenters. The summed E-state index contributed by atoms with van der Waals surface area (Å²) in [6.45, 7) is 3.06. The van der Waals surface area contributed by atoms with Gasteiger partial charge in [-0.2, -0.15) is 0 Å². The van der Waals surface area contributed by atoms with Crippen molar-refractivity contribution in [2.24, 2.45) is 0 Å². The molecule has 0 fully saturated rings. The van der Waals surface area contributed by atoms with Crippen molar-refractivity contribution in [3.8, 4) is 17.2 Å². The Morgan fingerprint density at radius 3 is 2.75 bits per heavy atom. The number of aromatic nitrogens is 2. The van der Waals surface area contributed by atoms with Gasteiger partial charge in [0.05, 0.1) is 12.4 Å². The van der Waals surface area contributed by atoms with Crippen LogP contribution in [0.1, 0.15) is 22.8 Å². The van der Waals surface area contributed by atoms with Gasteiger partial charge >= 0.3 is 0 Å². The third-order valence-electron chi connectivity index (χ3n) is 4.31. The number of carbonyl (C=O) groups is 2. The minimum atomic E-state index is -0.290. The molecule has 4 rings (SSSR count). The van der Waals surface area contributed by atoms with Crippen LogP contribution in [0.15, 0.2) is 46.8 Å². The van der Waals surface area contributed by atoms with Gasteiger partial charge in [0.15, 0.2) is 15.8 Å². The number of fused-ring (bicyclic) bond motifs is 1. The lowest BCUT2D eigenvalue weighted by molar-refractivity contribution is -0.118. The number of ether oxygens (including phenoxy) is 3. The molecule has 2 heterocycles. The molecule has 0 radical (unpaired) electrons. The molecule has 3 aromatic rings.